The fourth-order valence-corrected chi connectivity index (χ4v) is 3.19. The first-order valence-corrected chi connectivity index (χ1v) is 8.17. The van der Waals surface area contributed by atoms with Gasteiger partial charge in [-0.1, -0.05) is 6.07 Å². The van der Waals surface area contributed by atoms with Gasteiger partial charge in [-0.15, -0.1) is 11.3 Å². The van der Waals surface area contributed by atoms with E-state index in [1.807, 2.05) is 30.3 Å². The van der Waals surface area contributed by atoms with Gasteiger partial charge >= 0.3 is 0 Å². The maximum Gasteiger partial charge on any atom is 0.251 e. The molecule has 1 aromatic heterocycles. The van der Waals surface area contributed by atoms with Crippen LogP contribution in [0.2, 0.25) is 0 Å². The average Bonchev–Trinajstić information content (AvgIpc) is 3.07. The molecule has 0 fully saturated rings. The highest BCUT2D eigenvalue weighted by Crippen LogP contribution is 2.30. The summed E-state index contributed by atoms with van der Waals surface area (Å²) in [7, 11) is 0. The first kappa shape index (κ1) is 14.0. The van der Waals surface area contributed by atoms with E-state index < -0.39 is 0 Å². The highest BCUT2D eigenvalue weighted by Gasteiger charge is 2.12. The summed E-state index contributed by atoms with van der Waals surface area (Å²) in [5, 5.41) is 2.93. The van der Waals surface area contributed by atoms with Crippen molar-refractivity contribution in [2.24, 2.45) is 0 Å². The maximum absolute atomic E-state index is 12.3. The molecule has 0 unspecified atom stereocenters. The van der Waals surface area contributed by atoms with Gasteiger partial charge < -0.3 is 14.8 Å². The van der Waals surface area contributed by atoms with E-state index in [1.54, 1.807) is 11.6 Å². The largest absolute Gasteiger partial charge is 0.486 e. The third-order valence-corrected chi connectivity index (χ3v) is 4.44. The number of fused-ring (bicyclic) bond motifs is 2. The molecule has 2 heterocycles. The number of nitrogens with one attached hydrogen (secondary N) is 1. The average molecular weight is 326 g/mol. The Labute approximate surface area is 136 Å². The molecule has 0 radical (unpaired) electrons. The van der Waals surface area contributed by atoms with Crippen LogP contribution in [0.1, 0.15) is 15.9 Å². The molecule has 1 N–H and O–H groups in total. The highest BCUT2D eigenvalue weighted by atomic mass is 32.1. The van der Waals surface area contributed by atoms with Crippen LogP contribution in [-0.2, 0) is 6.54 Å². The number of hydrogen-bond donors (Lipinski definition) is 1. The number of carbonyl (C=O) groups is 1. The van der Waals surface area contributed by atoms with Crippen molar-refractivity contribution < 1.29 is 14.3 Å². The molecule has 0 spiro atoms. The van der Waals surface area contributed by atoms with Crippen LogP contribution in [0.25, 0.3) is 10.2 Å². The van der Waals surface area contributed by atoms with Gasteiger partial charge in [0.1, 0.15) is 13.2 Å². The first-order chi connectivity index (χ1) is 11.3. The highest BCUT2D eigenvalue weighted by molar-refractivity contribution is 7.16. The minimum Gasteiger partial charge on any atom is -0.486 e. The van der Waals surface area contributed by atoms with Crippen molar-refractivity contribution in [2.45, 2.75) is 6.54 Å². The molecule has 1 aliphatic heterocycles. The topological polar surface area (TPSA) is 60.5 Å². The lowest BCUT2D eigenvalue weighted by atomic mass is 10.1. The number of hydrogen-bond acceptors (Lipinski definition) is 5. The fourth-order valence-electron chi connectivity index (χ4n) is 2.48. The van der Waals surface area contributed by atoms with Crippen molar-refractivity contribution in [3.05, 3.63) is 53.0 Å². The molecule has 116 valence electrons. The number of rotatable bonds is 3. The summed E-state index contributed by atoms with van der Waals surface area (Å²) in [6, 6.07) is 11.2. The smallest absolute Gasteiger partial charge is 0.251 e. The summed E-state index contributed by atoms with van der Waals surface area (Å²) in [5.41, 5.74) is 4.31. The third-order valence-electron chi connectivity index (χ3n) is 3.65. The van der Waals surface area contributed by atoms with E-state index >= 15 is 0 Å². The van der Waals surface area contributed by atoms with Gasteiger partial charge in [-0.05, 0) is 35.9 Å². The number of nitrogens with zero attached hydrogens (tertiary/aromatic N) is 1. The summed E-state index contributed by atoms with van der Waals surface area (Å²) in [6.45, 7) is 1.57. The molecular formula is C17H14N2O3S. The van der Waals surface area contributed by atoms with Crippen molar-refractivity contribution in [3.63, 3.8) is 0 Å². The zero-order chi connectivity index (χ0) is 15.6. The van der Waals surface area contributed by atoms with Gasteiger partial charge in [0, 0.05) is 12.1 Å². The van der Waals surface area contributed by atoms with Gasteiger partial charge in [-0.25, -0.2) is 4.98 Å². The molecule has 1 amide bonds. The predicted octanol–water partition coefficient (Wildman–Crippen LogP) is 3.00. The number of benzene rings is 2. The molecule has 0 atom stereocenters. The van der Waals surface area contributed by atoms with E-state index in [0.717, 1.165) is 27.3 Å². The van der Waals surface area contributed by atoms with E-state index in [2.05, 4.69) is 10.3 Å². The number of amides is 1. The van der Waals surface area contributed by atoms with Crippen LogP contribution in [0.4, 0.5) is 0 Å². The fraction of sp³-hybridized carbons (Fsp3) is 0.176. The minimum atomic E-state index is -0.102. The number of aromatic nitrogens is 1. The van der Waals surface area contributed by atoms with E-state index in [9.17, 15) is 4.79 Å². The number of ether oxygens (including phenoxy) is 2. The van der Waals surface area contributed by atoms with Crippen LogP contribution in [0.5, 0.6) is 11.5 Å². The normalized spacial score (nSPS) is 13.0. The van der Waals surface area contributed by atoms with Crippen molar-refractivity contribution in [1.82, 2.24) is 10.3 Å². The van der Waals surface area contributed by atoms with E-state index in [0.29, 0.717) is 25.3 Å². The standard InChI is InChI=1S/C17H14N2O3S/c20-17(12-2-3-13-16(8-12)23-10-19-13)18-9-11-1-4-14-15(7-11)22-6-5-21-14/h1-4,7-8,10H,5-6,9H2,(H,18,20). The van der Waals surface area contributed by atoms with Crippen molar-refractivity contribution in [1.29, 1.82) is 0 Å². The van der Waals surface area contributed by atoms with Crippen LogP contribution in [0, 0.1) is 0 Å². The Morgan fingerprint density at radius 1 is 1.13 bits per heavy atom. The Morgan fingerprint density at radius 3 is 2.91 bits per heavy atom. The van der Waals surface area contributed by atoms with Gasteiger partial charge in [0.15, 0.2) is 11.5 Å². The lowest BCUT2D eigenvalue weighted by Crippen LogP contribution is -2.23. The second-order valence-electron chi connectivity index (χ2n) is 5.20. The summed E-state index contributed by atoms with van der Waals surface area (Å²) >= 11 is 1.53. The second-order valence-corrected chi connectivity index (χ2v) is 6.08. The molecule has 0 aliphatic carbocycles. The van der Waals surface area contributed by atoms with Crippen molar-refractivity contribution in [3.8, 4) is 11.5 Å². The van der Waals surface area contributed by atoms with Gasteiger partial charge in [-0.3, -0.25) is 4.79 Å². The molecule has 0 bridgehead atoms. The van der Waals surface area contributed by atoms with E-state index in [1.165, 1.54) is 11.3 Å². The van der Waals surface area contributed by atoms with Gasteiger partial charge in [0.05, 0.1) is 15.7 Å². The minimum absolute atomic E-state index is 0.102. The first-order valence-electron chi connectivity index (χ1n) is 7.29. The Bertz CT molecular complexity index is 875. The summed E-state index contributed by atoms with van der Waals surface area (Å²) in [5.74, 6) is 1.38. The zero-order valence-corrected chi connectivity index (χ0v) is 13.1. The molecule has 3 aromatic rings. The zero-order valence-electron chi connectivity index (χ0n) is 12.2. The molecule has 6 heteroatoms. The quantitative estimate of drug-likeness (QED) is 0.804. The van der Waals surface area contributed by atoms with Crippen LogP contribution in [-0.4, -0.2) is 24.1 Å². The summed E-state index contributed by atoms with van der Waals surface area (Å²) < 4.78 is 12.1. The molecule has 0 saturated carbocycles. The van der Waals surface area contributed by atoms with E-state index in [-0.39, 0.29) is 5.91 Å². The van der Waals surface area contributed by atoms with Gasteiger partial charge in [0.2, 0.25) is 0 Å². The summed E-state index contributed by atoms with van der Waals surface area (Å²) in [6.07, 6.45) is 0. The SMILES string of the molecule is O=C(NCc1ccc2c(c1)OCCO2)c1ccc2ncsc2c1. The van der Waals surface area contributed by atoms with E-state index in [4.69, 9.17) is 9.47 Å². The molecule has 5 nitrogen and oxygen atoms in total. The summed E-state index contributed by atoms with van der Waals surface area (Å²) in [4.78, 5) is 16.5. The van der Waals surface area contributed by atoms with Crippen molar-refractivity contribution >= 4 is 27.5 Å². The maximum atomic E-state index is 12.3. The van der Waals surface area contributed by atoms with Crippen molar-refractivity contribution in [2.75, 3.05) is 13.2 Å². The molecule has 23 heavy (non-hydrogen) atoms. The van der Waals surface area contributed by atoms with Crippen LogP contribution in [0.3, 0.4) is 0 Å². The van der Waals surface area contributed by atoms with Crippen LogP contribution in [0.15, 0.2) is 41.9 Å². The number of thiazole rings is 1. The Balaban J connectivity index is 1.46. The molecule has 2 aromatic carbocycles. The molecule has 1 aliphatic rings. The number of carbonyl (C=O) groups excluding carboxylic acids is 1. The van der Waals surface area contributed by atoms with Gasteiger partial charge in [-0.2, -0.15) is 0 Å². The molecule has 0 saturated heterocycles. The van der Waals surface area contributed by atoms with Crippen LogP contribution >= 0.6 is 11.3 Å². The molecule has 4 rings (SSSR count). The lowest BCUT2D eigenvalue weighted by Gasteiger charge is -2.19. The van der Waals surface area contributed by atoms with Gasteiger partial charge in [0.25, 0.3) is 5.91 Å². The lowest BCUT2D eigenvalue weighted by molar-refractivity contribution is 0.0951. The second kappa shape index (κ2) is 5.89. The van der Waals surface area contributed by atoms with Crippen LogP contribution < -0.4 is 14.8 Å². The Kier molecular flexibility index (Phi) is 3.59. The predicted molar refractivity (Wildman–Crippen MR) is 88.2 cm³/mol. The monoisotopic (exact) mass is 326 g/mol. The molecular weight excluding hydrogens is 312 g/mol. The Hall–Kier alpha value is -2.60. The third kappa shape index (κ3) is 2.85. The Morgan fingerprint density at radius 2 is 2.00 bits per heavy atom.